The van der Waals surface area contributed by atoms with Crippen LogP contribution in [0.4, 0.5) is 11.4 Å². The van der Waals surface area contributed by atoms with Crippen molar-refractivity contribution in [2.24, 2.45) is 15.2 Å². The summed E-state index contributed by atoms with van der Waals surface area (Å²) in [5, 5.41) is 10.6. The van der Waals surface area contributed by atoms with Crippen molar-refractivity contribution in [3.63, 3.8) is 0 Å². The Kier molecular flexibility index (Phi) is 4.12. The molecule has 0 N–H and O–H groups in total. The maximum atomic E-state index is 4.41. The first-order valence-electron chi connectivity index (χ1n) is 6.86. The zero-order valence-electron chi connectivity index (χ0n) is 11.6. The van der Waals surface area contributed by atoms with Crippen LogP contribution in [0, 0.1) is 0 Å². The molecular weight excluding hydrogens is 258 g/mol. The highest BCUT2D eigenvalue weighted by Gasteiger charge is 1.93. The average Bonchev–Trinajstić information content (AvgIpc) is 2.55. The van der Waals surface area contributed by atoms with E-state index in [0.29, 0.717) is 6.54 Å². The van der Waals surface area contributed by atoms with Gasteiger partial charge in [-0.25, -0.2) is 0 Å². The molecule has 0 radical (unpaired) electrons. The fraction of sp³-hybridized carbons (Fsp3) is 0.0556. The normalized spacial score (nSPS) is 11.6. The second-order valence-electron chi connectivity index (χ2n) is 4.60. The van der Waals surface area contributed by atoms with E-state index in [2.05, 4.69) is 39.5 Å². The number of rotatable bonds is 4. The van der Waals surface area contributed by atoms with E-state index >= 15 is 0 Å². The van der Waals surface area contributed by atoms with Crippen molar-refractivity contribution >= 4 is 28.4 Å². The van der Waals surface area contributed by atoms with Crippen LogP contribution in [-0.2, 0) is 0 Å². The summed E-state index contributed by atoms with van der Waals surface area (Å²) in [4.78, 5) is 4.41. The van der Waals surface area contributed by atoms with Crippen molar-refractivity contribution in [2.45, 2.75) is 0 Å². The Bertz CT molecular complexity index is 777. The van der Waals surface area contributed by atoms with Gasteiger partial charge in [0.25, 0.3) is 0 Å². The molecule has 0 spiro atoms. The molecule has 3 nitrogen and oxygen atoms in total. The fourth-order valence-corrected chi connectivity index (χ4v) is 2.06. The topological polar surface area (TPSA) is 37.1 Å². The number of hydrogen-bond acceptors (Lipinski definition) is 3. The standard InChI is InChI=1S/C18H15N3/c1-2-8-17(9-3-1)21-20-13-12-19-18-11-10-15-6-4-5-7-16(15)14-18/h1-12,14H,13H2. The zero-order chi connectivity index (χ0) is 14.3. The third-order valence-electron chi connectivity index (χ3n) is 3.08. The lowest BCUT2D eigenvalue weighted by Crippen LogP contribution is -1.79. The molecule has 0 amide bonds. The molecule has 3 heteroatoms. The van der Waals surface area contributed by atoms with Gasteiger partial charge in [-0.15, -0.1) is 0 Å². The van der Waals surface area contributed by atoms with Crippen LogP contribution >= 0.6 is 0 Å². The monoisotopic (exact) mass is 273 g/mol. The lowest BCUT2D eigenvalue weighted by molar-refractivity contribution is 1.11. The lowest BCUT2D eigenvalue weighted by atomic mass is 10.1. The molecule has 102 valence electrons. The van der Waals surface area contributed by atoms with Gasteiger partial charge in [-0.05, 0) is 35.0 Å². The van der Waals surface area contributed by atoms with Crippen LogP contribution < -0.4 is 0 Å². The number of aliphatic imine (C=N–C) groups is 1. The predicted octanol–water partition coefficient (Wildman–Crippen LogP) is 5.33. The number of hydrogen-bond donors (Lipinski definition) is 0. The molecule has 0 heterocycles. The molecule has 0 atom stereocenters. The second kappa shape index (κ2) is 6.57. The predicted molar refractivity (Wildman–Crippen MR) is 87.9 cm³/mol. The van der Waals surface area contributed by atoms with Crippen molar-refractivity contribution in [1.82, 2.24) is 0 Å². The Morgan fingerprint density at radius 3 is 2.33 bits per heavy atom. The second-order valence-corrected chi connectivity index (χ2v) is 4.60. The molecule has 0 saturated carbocycles. The zero-order valence-corrected chi connectivity index (χ0v) is 11.6. The summed E-state index contributed by atoms with van der Waals surface area (Å²) in [6.45, 7) is 0.474. The first-order chi connectivity index (χ1) is 10.4. The van der Waals surface area contributed by atoms with Gasteiger partial charge in [-0.3, -0.25) is 4.99 Å². The van der Waals surface area contributed by atoms with Gasteiger partial charge in [0.05, 0.1) is 17.9 Å². The number of fused-ring (bicyclic) bond motifs is 1. The lowest BCUT2D eigenvalue weighted by Gasteiger charge is -1.98. The first kappa shape index (κ1) is 13.2. The maximum Gasteiger partial charge on any atom is 0.0955 e. The molecule has 0 saturated heterocycles. The summed E-state index contributed by atoms with van der Waals surface area (Å²) >= 11 is 0. The molecular formula is C18H15N3. The molecule has 0 fully saturated rings. The third kappa shape index (κ3) is 3.60. The number of benzene rings is 3. The van der Waals surface area contributed by atoms with E-state index in [9.17, 15) is 0 Å². The molecule has 0 aliphatic carbocycles. The van der Waals surface area contributed by atoms with Gasteiger partial charge in [-0.2, -0.15) is 10.2 Å². The Morgan fingerprint density at radius 1 is 0.714 bits per heavy atom. The van der Waals surface area contributed by atoms with E-state index in [1.54, 1.807) is 6.21 Å². The van der Waals surface area contributed by atoms with Gasteiger partial charge in [0.15, 0.2) is 0 Å². The molecule has 3 rings (SSSR count). The van der Waals surface area contributed by atoms with E-state index in [0.717, 1.165) is 11.4 Å². The Balaban J connectivity index is 1.64. The van der Waals surface area contributed by atoms with Crippen molar-refractivity contribution in [3.05, 3.63) is 72.8 Å². The Hall–Kier alpha value is -2.81. The largest absolute Gasteiger partial charge is 0.259 e. The van der Waals surface area contributed by atoms with Crippen LogP contribution in [0.2, 0.25) is 0 Å². The van der Waals surface area contributed by atoms with Crippen LogP contribution in [0.1, 0.15) is 0 Å². The van der Waals surface area contributed by atoms with Crippen LogP contribution in [0.15, 0.2) is 88.0 Å². The van der Waals surface area contributed by atoms with Gasteiger partial charge >= 0.3 is 0 Å². The summed E-state index contributed by atoms with van der Waals surface area (Å²) in [5.74, 6) is 0. The highest BCUT2D eigenvalue weighted by molar-refractivity contribution is 5.85. The molecule has 0 aromatic heterocycles. The summed E-state index contributed by atoms with van der Waals surface area (Å²) in [6.07, 6.45) is 1.77. The molecule has 3 aromatic carbocycles. The maximum absolute atomic E-state index is 4.41. The summed E-state index contributed by atoms with van der Waals surface area (Å²) in [6, 6.07) is 24.1. The SMILES string of the molecule is C(CN=Nc1ccccc1)=Nc1ccc2ccccc2c1. The highest BCUT2D eigenvalue weighted by atomic mass is 15.1. The molecule has 0 aliphatic heterocycles. The quantitative estimate of drug-likeness (QED) is 0.455. The summed E-state index contributed by atoms with van der Waals surface area (Å²) in [7, 11) is 0. The minimum Gasteiger partial charge on any atom is -0.259 e. The van der Waals surface area contributed by atoms with Crippen molar-refractivity contribution < 1.29 is 0 Å². The van der Waals surface area contributed by atoms with E-state index in [1.165, 1.54) is 10.8 Å². The van der Waals surface area contributed by atoms with E-state index in [1.807, 2.05) is 48.5 Å². The van der Waals surface area contributed by atoms with E-state index < -0.39 is 0 Å². The number of azo groups is 1. The van der Waals surface area contributed by atoms with Gasteiger partial charge in [-0.1, -0.05) is 48.5 Å². The third-order valence-corrected chi connectivity index (χ3v) is 3.08. The fourth-order valence-electron chi connectivity index (χ4n) is 2.06. The average molecular weight is 273 g/mol. The first-order valence-corrected chi connectivity index (χ1v) is 6.86. The minimum atomic E-state index is 0.474. The van der Waals surface area contributed by atoms with E-state index in [4.69, 9.17) is 0 Å². The van der Waals surface area contributed by atoms with Crippen LogP contribution in [-0.4, -0.2) is 12.8 Å². The van der Waals surface area contributed by atoms with Crippen LogP contribution in [0.5, 0.6) is 0 Å². The molecule has 21 heavy (non-hydrogen) atoms. The smallest absolute Gasteiger partial charge is 0.0955 e. The van der Waals surface area contributed by atoms with Crippen molar-refractivity contribution in [1.29, 1.82) is 0 Å². The van der Waals surface area contributed by atoms with Crippen molar-refractivity contribution in [2.75, 3.05) is 6.54 Å². The molecule has 3 aromatic rings. The van der Waals surface area contributed by atoms with Crippen LogP contribution in [0.25, 0.3) is 10.8 Å². The van der Waals surface area contributed by atoms with Gasteiger partial charge in [0.1, 0.15) is 0 Å². The van der Waals surface area contributed by atoms with Gasteiger partial charge < -0.3 is 0 Å². The highest BCUT2D eigenvalue weighted by Crippen LogP contribution is 2.20. The van der Waals surface area contributed by atoms with Crippen LogP contribution in [0.3, 0.4) is 0 Å². The molecule has 0 bridgehead atoms. The molecule has 0 unspecified atom stereocenters. The van der Waals surface area contributed by atoms with E-state index in [-0.39, 0.29) is 0 Å². The number of nitrogens with zero attached hydrogens (tertiary/aromatic N) is 3. The minimum absolute atomic E-state index is 0.474. The summed E-state index contributed by atoms with van der Waals surface area (Å²) < 4.78 is 0. The van der Waals surface area contributed by atoms with Crippen molar-refractivity contribution in [3.8, 4) is 0 Å². The van der Waals surface area contributed by atoms with Gasteiger partial charge in [0, 0.05) is 6.21 Å². The van der Waals surface area contributed by atoms with Gasteiger partial charge in [0.2, 0.25) is 0 Å². The summed E-state index contributed by atoms with van der Waals surface area (Å²) in [5.41, 5.74) is 1.79. The Labute approximate surface area is 123 Å². The Morgan fingerprint density at radius 2 is 1.48 bits per heavy atom. The molecule has 0 aliphatic rings.